The minimum Gasteiger partial charge on any atom is -0.321 e. The van der Waals surface area contributed by atoms with Crippen molar-refractivity contribution in [1.29, 1.82) is 0 Å². The van der Waals surface area contributed by atoms with Gasteiger partial charge in [-0.15, -0.1) is 0 Å². The van der Waals surface area contributed by atoms with Crippen molar-refractivity contribution in [3.63, 3.8) is 0 Å². The van der Waals surface area contributed by atoms with Gasteiger partial charge in [0.05, 0.1) is 5.56 Å². The molecule has 23 heavy (non-hydrogen) atoms. The van der Waals surface area contributed by atoms with Gasteiger partial charge >= 0.3 is 6.18 Å². The lowest BCUT2D eigenvalue weighted by Crippen LogP contribution is -2.06. The Morgan fingerprint density at radius 1 is 1.00 bits per heavy atom. The van der Waals surface area contributed by atoms with Gasteiger partial charge in [-0.05, 0) is 23.8 Å². The Hall–Kier alpha value is -2.82. The van der Waals surface area contributed by atoms with E-state index < -0.39 is 17.6 Å². The third kappa shape index (κ3) is 3.18. The summed E-state index contributed by atoms with van der Waals surface area (Å²) in [6.45, 7) is 0. The van der Waals surface area contributed by atoms with Crippen LogP contribution in [0.15, 0.2) is 60.7 Å². The molecule has 0 fully saturated rings. The van der Waals surface area contributed by atoms with Gasteiger partial charge in [-0.3, -0.25) is 4.79 Å². The summed E-state index contributed by atoms with van der Waals surface area (Å²) in [7, 11) is 0. The normalized spacial score (nSPS) is 16.0. The van der Waals surface area contributed by atoms with E-state index in [1.54, 1.807) is 12.2 Å². The number of benzene rings is 2. The largest absolute Gasteiger partial charge is 0.416 e. The summed E-state index contributed by atoms with van der Waals surface area (Å²) in [5.74, 6) is -0.406. The third-order valence-electron chi connectivity index (χ3n) is 3.48. The van der Waals surface area contributed by atoms with Gasteiger partial charge in [0, 0.05) is 16.8 Å². The first-order chi connectivity index (χ1) is 10.9. The van der Waals surface area contributed by atoms with Crippen molar-refractivity contribution >= 4 is 23.2 Å². The van der Waals surface area contributed by atoms with Gasteiger partial charge in [-0.2, -0.15) is 13.2 Å². The minimum atomic E-state index is -4.43. The minimum absolute atomic E-state index is 0.184. The van der Waals surface area contributed by atoms with Crippen LogP contribution in [0.4, 0.5) is 18.9 Å². The molecule has 0 aromatic heterocycles. The first kappa shape index (κ1) is 15.1. The first-order valence-corrected chi connectivity index (χ1v) is 6.91. The number of amides is 1. The fourth-order valence-electron chi connectivity index (χ4n) is 2.36. The van der Waals surface area contributed by atoms with E-state index in [-0.39, 0.29) is 5.69 Å². The fourth-order valence-corrected chi connectivity index (χ4v) is 2.36. The Morgan fingerprint density at radius 2 is 1.74 bits per heavy atom. The van der Waals surface area contributed by atoms with Crippen molar-refractivity contribution in [3.8, 4) is 0 Å². The van der Waals surface area contributed by atoms with Crippen LogP contribution >= 0.6 is 0 Å². The summed E-state index contributed by atoms with van der Waals surface area (Å²) in [4.78, 5) is 11.9. The molecule has 2 aromatic rings. The van der Waals surface area contributed by atoms with Crippen molar-refractivity contribution in [2.24, 2.45) is 0 Å². The zero-order valence-electron chi connectivity index (χ0n) is 11.9. The summed E-state index contributed by atoms with van der Waals surface area (Å²) >= 11 is 0. The van der Waals surface area contributed by atoms with E-state index in [0.717, 1.165) is 17.7 Å². The van der Waals surface area contributed by atoms with Crippen LogP contribution in [0, 0.1) is 0 Å². The van der Waals surface area contributed by atoms with Crippen LogP contribution in [-0.4, -0.2) is 5.91 Å². The molecule has 0 saturated heterocycles. The predicted molar refractivity (Wildman–Crippen MR) is 83.5 cm³/mol. The lowest BCUT2D eigenvalue weighted by Gasteiger charge is -2.07. The van der Waals surface area contributed by atoms with Crippen molar-refractivity contribution in [3.05, 3.63) is 77.4 Å². The van der Waals surface area contributed by atoms with Gasteiger partial charge in [0.1, 0.15) is 0 Å². The molecule has 2 nitrogen and oxygen atoms in total. The number of allylic oxidation sites excluding steroid dienone is 2. The second-order valence-corrected chi connectivity index (χ2v) is 5.06. The van der Waals surface area contributed by atoms with E-state index in [2.05, 4.69) is 5.32 Å². The number of rotatable bonds is 2. The quantitative estimate of drug-likeness (QED) is 0.796. The monoisotopic (exact) mass is 315 g/mol. The molecule has 0 unspecified atom stereocenters. The molecule has 0 bridgehead atoms. The Labute approximate surface area is 131 Å². The Bertz CT molecular complexity index is 805. The highest BCUT2D eigenvalue weighted by atomic mass is 19.4. The number of halogens is 3. The molecule has 3 rings (SSSR count). The van der Waals surface area contributed by atoms with Gasteiger partial charge in [-0.1, -0.05) is 48.6 Å². The maximum atomic E-state index is 12.7. The maximum Gasteiger partial charge on any atom is 0.416 e. The second kappa shape index (κ2) is 5.76. The molecule has 0 radical (unpaired) electrons. The summed E-state index contributed by atoms with van der Waals surface area (Å²) in [5, 5.41) is 2.47. The Morgan fingerprint density at radius 3 is 2.43 bits per heavy atom. The van der Waals surface area contributed by atoms with Gasteiger partial charge in [0.2, 0.25) is 0 Å². The molecule has 1 N–H and O–H groups in total. The molecular formula is C18H12F3NO. The van der Waals surface area contributed by atoms with E-state index in [0.29, 0.717) is 11.1 Å². The number of fused-ring (bicyclic) bond motifs is 1. The second-order valence-electron chi connectivity index (χ2n) is 5.06. The van der Waals surface area contributed by atoms with Crippen molar-refractivity contribution in [2.45, 2.75) is 6.18 Å². The zero-order valence-corrected chi connectivity index (χ0v) is 11.9. The number of hydrogen-bond acceptors (Lipinski definition) is 1. The molecule has 1 aliphatic rings. The highest BCUT2D eigenvalue weighted by Crippen LogP contribution is 2.37. The number of alkyl halides is 3. The van der Waals surface area contributed by atoms with Crippen molar-refractivity contribution < 1.29 is 18.0 Å². The van der Waals surface area contributed by atoms with Crippen LogP contribution in [0.3, 0.4) is 0 Å². The van der Waals surface area contributed by atoms with E-state index in [1.165, 1.54) is 6.07 Å². The van der Waals surface area contributed by atoms with Crippen LogP contribution < -0.4 is 5.32 Å². The van der Waals surface area contributed by atoms with E-state index in [9.17, 15) is 18.0 Å². The number of nitrogens with one attached hydrogen (secondary N) is 1. The molecule has 2 aromatic carbocycles. The number of carbonyl (C=O) groups excluding carboxylic acids is 1. The average Bonchev–Trinajstić information content (AvgIpc) is 2.83. The van der Waals surface area contributed by atoms with Gasteiger partial charge in [0.15, 0.2) is 0 Å². The van der Waals surface area contributed by atoms with Crippen LogP contribution in [0.5, 0.6) is 0 Å². The van der Waals surface area contributed by atoms with Crippen molar-refractivity contribution in [1.82, 2.24) is 0 Å². The summed E-state index contributed by atoms with van der Waals surface area (Å²) in [6.07, 6.45) is 0.695. The highest BCUT2D eigenvalue weighted by molar-refractivity contribution is 6.31. The number of anilines is 1. The Balaban J connectivity index is 1.90. The zero-order chi connectivity index (χ0) is 16.4. The number of carbonyl (C=O) groups is 1. The highest BCUT2D eigenvalue weighted by Gasteiger charge is 2.33. The van der Waals surface area contributed by atoms with Crippen molar-refractivity contribution in [2.75, 3.05) is 5.32 Å². The SMILES string of the molecule is O=C1Nc2cc(C(F)(F)F)ccc2/C1=C/C=C/c1ccccc1. The molecule has 0 spiro atoms. The molecule has 0 saturated carbocycles. The molecule has 116 valence electrons. The molecule has 0 aliphatic carbocycles. The van der Waals surface area contributed by atoms with Crippen LogP contribution in [0.2, 0.25) is 0 Å². The molecule has 5 heteroatoms. The van der Waals surface area contributed by atoms with Crippen LogP contribution in [-0.2, 0) is 11.0 Å². The molecule has 1 heterocycles. The van der Waals surface area contributed by atoms with Gasteiger partial charge < -0.3 is 5.32 Å². The molecular weight excluding hydrogens is 303 g/mol. The Kier molecular flexibility index (Phi) is 3.78. The van der Waals surface area contributed by atoms with Crippen LogP contribution in [0.1, 0.15) is 16.7 Å². The van der Waals surface area contributed by atoms with E-state index >= 15 is 0 Å². The van der Waals surface area contributed by atoms with E-state index in [1.807, 2.05) is 36.4 Å². The lowest BCUT2D eigenvalue weighted by molar-refractivity contribution is -0.137. The van der Waals surface area contributed by atoms with Crippen LogP contribution in [0.25, 0.3) is 11.6 Å². The molecule has 1 amide bonds. The van der Waals surface area contributed by atoms with Gasteiger partial charge in [0.25, 0.3) is 5.91 Å². The average molecular weight is 315 g/mol. The number of hydrogen-bond donors (Lipinski definition) is 1. The topological polar surface area (TPSA) is 29.1 Å². The maximum absolute atomic E-state index is 12.7. The first-order valence-electron chi connectivity index (χ1n) is 6.91. The smallest absolute Gasteiger partial charge is 0.321 e. The van der Waals surface area contributed by atoms with E-state index in [4.69, 9.17) is 0 Å². The van der Waals surface area contributed by atoms with Gasteiger partial charge in [-0.25, -0.2) is 0 Å². The molecule has 1 aliphatic heterocycles. The fraction of sp³-hybridized carbons (Fsp3) is 0.0556. The standard InChI is InChI=1S/C18H12F3NO/c19-18(20,21)13-9-10-14-15(17(23)22-16(14)11-13)8-4-7-12-5-2-1-3-6-12/h1-11H,(H,22,23)/b7-4+,15-8-. The summed E-state index contributed by atoms with van der Waals surface area (Å²) in [5.41, 5.74) is 1.19. The summed E-state index contributed by atoms with van der Waals surface area (Å²) < 4.78 is 38.1. The predicted octanol–water partition coefficient (Wildman–Crippen LogP) is 4.75. The lowest BCUT2D eigenvalue weighted by atomic mass is 10.0. The summed E-state index contributed by atoms with van der Waals surface area (Å²) in [6, 6.07) is 12.8. The molecule has 0 atom stereocenters. The third-order valence-corrected chi connectivity index (χ3v) is 3.48.